The first-order valence-corrected chi connectivity index (χ1v) is 3.28. The van der Waals surface area contributed by atoms with Crippen molar-refractivity contribution in [2.45, 2.75) is 13.0 Å². The second-order valence-corrected chi connectivity index (χ2v) is 3.32. The van der Waals surface area contributed by atoms with E-state index in [2.05, 4.69) is 4.74 Å². The molecule has 4 heteroatoms. The van der Waals surface area contributed by atoms with E-state index >= 15 is 0 Å². The maximum Gasteiger partial charge on any atom is 0.364 e. The number of methoxy groups -OCH3 is 1. The van der Waals surface area contributed by atoms with Gasteiger partial charge in [0.1, 0.15) is 0 Å². The summed E-state index contributed by atoms with van der Waals surface area (Å²) in [4.78, 5) is 10.9. The maximum atomic E-state index is 10.9. The van der Waals surface area contributed by atoms with Gasteiger partial charge in [0.05, 0.1) is 28.3 Å². The molecule has 11 heavy (non-hydrogen) atoms. The van der Waals surface area contributed by atoms with E-state index in [0.29, 0.717) is 4.48 Å². The highest BCUT2D eigenvalue weighted by molar-refractivity contribution is 5.73. The summed E-state index contributed by atoms with van der Waals surface area (Å²) < 4.78 is 5.19. The van der Waals surface area contributed by atoms with Gasteiger partial charge in [-0.2, -0.15) is 0 Å². The van der Waals surface area contributed by atoms with Gasteiger partial charge in [-0.1, -0.05) is 0 Å². The van der Waals surface area contributed by atoms with Crippen molar-refractivity contribution in [2.75, 3.05) is 28.3 Å². The van der Waals surface area contributed by atoms with E-state index in [-0.39, 0.29) is 36.0 Å². The van der Waals surface area contributed by atoms with E-state index in [9.17, 15) is 4.79 Å². The Morgan fingerprint density at radius 3 is 1.82 bits per heavy atom. The molecular formula is C7H16INO2. The van der Waals surface area contributed by atoms with E-state index in [1.807, 2.05) is 28.1 Å². The number of halogens is 1. The number of nitrogens with zero attached hydrogens (tertiary/aromatic N) is 1. The standard InChI is InChI=1S/C7H16NO2.HI/c1-6(7(9)10-5)8(2,3)4;/h6H,1-5H3;1H/q+1;/p-1/t6-;/m1./s1. The van der Waals surface area contributed by atoms with Crippen LogP contribution in [0.4, 0.5) is 0 Å². The largest absolute Gasteiger partial charge is 1.00 e. The minimum atomic E-state index is -0.160. The molecule has 0 aromatic carbocycles. The van der Waals surface area contributed by atoms with Crippen LogP contribution in [0, 0.1) is 0 Å². The van der Waals surface area contributed by atoms with Gasteiger partial charge in [0.25, 0.3) is 0 Å². The Labute approximate surface area is 85.3 Å². The second-order valence-electron chi connectivity index (χ2n) is 3.32. The third-order valence-electron chi connectivity index (χ3n) is 1.70. The van der Waals surface area contributed by atoms with Crippen LogP contribution in [0.1, 0.15) is 6.92 Å². The molecule has 0 saturated carbocycles. The summed E-state index contributed by atoms with van der Waals surface area (Å²) in [5, 5.41) is 0. The number of likely N-dealkylation sites (N-methyl/N-ethyl adjacent to an activating group) is 1. The highest BCUT2D eigenvalue weighted by Crippen LogP contribution is 2.02. The van der Waals surface area contributed by atoms with Gasteiger partial charge in [-0.05, 0) is 6.92 Å². The highest BCUT2D eigenvalue weighted by Gasteiger charge is 2.26. The lowest BCUT2D eigenvalue weighted by Crippen LogP contribution is -3.00. The van der Waals surface area contributed by atoms with Crippen LogP contribution in [-0.2, 0) is 9.53 Å². The third kappa shape index (κ3) is 4.58. The minimum Gasteiger partial charge on any atom is -1.00 e. The molecule has 0 N–H and O–H groups in total. The molecule has 1 atom stereocenters. The van der Waals surface area contributed by atoms with Crippen molar-refractivity contribution in [3.63, 3.8) is 0 Å². The normalized spacial score (nSPS) is 13.2. The number of esters is 1. The van der Waals surface area contributed by atoms with E-state index in [1.165, 1.54) is 7.11 Å². The molecule has 0 heterocycles. The van der Waals surface area contributed by atoms with E-state index in [4.69, 9.17) is 0 Å². The van der Waals surface area contributed by atoms with E-state index < -0.39 is 0 Å². The number of quaternary nitrogens is 1. The molecule has 0 aliphatic heterocycles. The molecule has 0 radical (unpaired) electrons. The van der Waals surface area contributed by atoms with Crippen LogP contribution >= 0.6 is 0 Å². The van der Waals surface area contributed by atoms with Gasteiger partial charge in [-0.15, -0.1) is 0 Å². The average molecular weight is 273 g/mol. The molecule has 0 bridgehead atoms. The lowest BCUT2D eigenvalue weighted by molar-refractivity contribution is -0.885. The van der Waals surface area contributed by atoms with E-state index in [0.717, 1.165) is 0 Å². The minimum absolute atomic E-state index is 0. The van der Waals surface area contributed by atoms with Crippen molar-refractivity contribution in [1.82, 2.24) is 0 Å². The molecule has 0 aliphatic rings. The van der Waals surface area contributed by atoms with Crippen LogP contribution in [0.5, 0.6) is 0 Å². The number of ether oxygens (including phenoxy) is 1. The van der Waals surface area contributed by atoms with Gasteiger partial charge in [0.15, 0.2) is 6.04 Å². The van der Waals surface area contributed by atoms with Crippen molar-refractivity contribution in [2.24, 2.45) is 0 Å². The smallest absolute Gasteiger partial charge is 0.364 e. The fraction of sp³-hybridized carbons (Fsp3) is 0.857. The third-order valence-corrected chi connectivity index (χ3v) is 1.70. The summed E-state index contributed by atoms with van der Waals surface area (Å²) >= 11 is 0. The lowest BCUT2D eigenvalue weighted by Gasteiger charge is -2.29. The maximum absolute atomic E-state index is 10.9. The molecule has 3 nitrogen and oxygen atoms in total. The molecule has 0 spiro atoms. The van der Waals surface area contributed by atoms with Crippen LogP contribution in [0.15, 0.2) is 0 Å². The van der Waals surface area contributed by atoms with Crippen molar-refractivity contribution in [3.8, 4) is 0 Å². The zero-order chi connectivity index (χ0) is 8.36. The topological polar surface area (TPSA) is 26.3 Å². The highest BCUT2D eigenvalue weighted by atomic mass is 127. The van der Waals surface area contributed by atoms with Gasteiger partial charge in [-0.25, -0.2) is 4.79 Å². The number of carbonyl (C=O) groups excluding carboxylic acids is 1. The molecule has 68 valence electrons. The van der Waals surface area contributed by atoms with Crippen LogP contribution in [0.3, 0.4) is 0 Å². The average Bonchev–Trinajstić information content (AvgIpc) is 1.83. The van der Waals surface area contributed by atoms with Crippen LogP contribution < -0.4 is 24.0 Å². The van der Waals surface area contributed by atoms with Crippen molar-refractivity contribution >= 4 is 5.97 Å². The fourth-order valence-electron chi connectivity index (χ4n) is 0.487. The number of rotatable bonds is 2. The number of hydrogen-bond acceptors (Lipinski definition) is 2. The SMILES string of the molecule is COC(=O)[C@@H](C)[N+](C)(C)C.[I-]. The monoisotopic (exact) mass is 273 g/mol. The molecule has 0 aromatic rings. The summed E-state index contributed by atoms with van der Waals surface area (Å²) in [6.07, 6.45) is 0. The molecule has 0 rings (SSSR count). The second kappa shape index (κ2) is 4.92. The first-order valence-electron chi connectivity index (χ1n) is 3.28. The van der Waals surface area contributed by atoms with Gasteiger partial charge < -0.3 is 33.2 Å². The zero-order valence-electron chi connectivity index (χ0n) is 7.72. The van der Waals surface area contributed by atoms with Crippen LogP contribution in [0.25, 0.3) is 0 Å². The predicted octanol–water partition coefficient (Wildman–Crippen LogP) is -2.74. The Morgan fingerprint density at radius 2 is 1.73 bits per heavy atom. The van der Waals surface area contributed by atoms with Crippen molar-refractivity contribution in [3.05, 3.63) is 0 Å². The quantitative estimate of drug-likeness (QED) is 0.310. The first-order chi connectivity index (χ1) is 4.39. The van der Waals surface area contributed by atoms with Crippen LogP contribution in [0.2, 0.25) is 0 Å². The van der Waals surface area contributed by atoms with Gasteiger partial charge >= 0.3 is 5.97 Å². The number of carbonyl (C=O) groups is 1. The van der Waals surface area contributed by atoms with Crippen molar-refractivity contribution < 1.29 is 38.0 Å². The summed E-state index contributed by atoms with van der Waals surface area (Å²) in [6.45, 7) is 1.85. The Kier molecular flexibility index (Phi) is 6.14. The molecule has 0 saturated heterocycles. The molecule has 0 amide bonds. The van der Waals surface area contributed by atoms with Crippen molar-refractivity contribution in [1.29, 1.82) is 0 Å². The van der Waals surface area contributed by atoms with Gasteiger partial charge in [-0.3, -0.25) is 0 Å². The Morgan fingerprint density at radius 1 is 1.36 bits per heavy atom. The molecule has 0 unspecified atom stereocenters. The molecule has 0 aliphatic carbocycles. The molecule has 0 fully saturated rings. The van der Waals surface area contributed by atoms with Crippen LogP contribution in [-0.4, -0.2) is 44.7 Å². The Hall–Kier alpha value is 0.160. The summed E-state index contributed by atoms with van der Waals surface area (Å²) in [5.41, 5.74) is 0. The van der Waals surface area contributed by atoms with E-state index in [1.54, 1.807) is 0 Å². The zero-order valence-corrected chi connectivity index (χ0v) is 9.88. The molecule has 0 aromatic heterocycles. The Bertz CT molecular complexity index is 131. The van der Waals surface area contributed by atoms with Gasteiger partial charge in [0.2, 0.25) is 0 Å². The summed E-state index contributed by atoms with van der Waals surface area (Å²) in [6, 6.07) is -0.0926. The predicted molar refractivity (Wildman–Crippen MR) is 39.5 cm³/mol. The number of hydrogen-bond donors (Lipinski definition) is 0. The fourth-order valence-corrected chi connectivity index (χ4v) is 0.487. The lowest BCUT2D eigenvalue weighted by atomic mass is 10.3. The van der Waals surface area contributed by atoms with Gasteiger partial charge in [0, 0.05) is 0 Å². The Balaban J connectivity index is 0. The first kappa shape index (κ1) is 13.7. The summed E-state index contributed by atoms with van der Waals surface area (Å²) in [7, 11) is 7.29. The summed E-state index contributed by atoms with van der Waals surface area (Å²) in [5.74, 6) is -0.160. The molecular weight excluding hydrogens is 257 g/mol.